The molecular formula is C18H16N2. The largest absolute Gasteiger partial charge is 0.338 e. The summed E-state index contributed by atoms with van der Waals surface area (Å²) < 4.78 is 0. The Bertz CT molecular complexity index is 599. The Morgan fingerprint density at radius 2 is 1.45 bits per heavy atom. The summed E-state index contributed by atoms with van der Waals surface area (Å²) in [7, 11) is 0. The zero-order valence-corrected chi connectivity index (χ0v) is 11.2. The van der Waals surface area contributed by atoms with E-state index in [-0.39, 0.29) is 0 Å². The minimum atomic E-state index is 0.328. The van der Waals surface area contributed by atoms with Crippen molar-refractivity contribution in [2.24, 2.45) is 0 Å². The average Bonchev–Trinajstić information content (AvgIpc) is 2.98. The summed E-state index contributed by atoms with van der Waals surface area (Å²) >= 11 is 0. The second-order valence-electron chi connectivity index (χ2n) is 4.98. The van der Waals surface area contributed by atoms with Crippen molar-refractivity contribution < 1.29 is 0 Å². The summed E-state index contributed by atoms with van der Waals surface area (Å²) in [5.74, 6) is 0. The van der Waals surface area contributed by atoms with Gasteiger partial charge in [-0.2, -0.15) is 5.26 Å². The Morgan fingerprint density at radius 1 is 0.900 bits per heavy atom. The Hall–Kier alpha value is -2.53. The number of rotatable bonds is 3. The van der Waals surface area contributed by atoms with Crippen LogP contribution >= 0.6 is 0 Å². The Balaban J connectivity index is 1.96. The van der Waals surface area contributed by atoms with Gasteiger partial charge in [-0.1, -0.05) is 42.5 Å². The van der Waals surface area contributed by atoms with E-state index in [4.69, 9.17) is 5.26 Å². The van der Waals surface area contributed by atoms with E-state index in [0.29, 0.717) is 6.04 Å². The standard InChI is InChI=1S/C18H16N2/c19-14-15-11-12-18(13-15)20(16-7-3-1-4-8-16)17-9-5-2-6-10-17/h1-11,18H,12-13H2. The van der Waals surface area contributed by atoms with Crippen LogP contribution in [0.15, 0.2) is 72.3 Å². The zero-order chi connectivity index (χ0) is 13.8. The monoisotopic (exact) mass is 260 g/mol. The van der Waals surface area contributed by atoms with Gasteiger partial charge in [-0.15, -0.1) is 0 Å². The predicted octanol–water partition coefficient (Wildman–Crippen LogP) is 4.44. The van der Waals surface area contributed by atoms with Crippen molar-refractivity contribution in [3.05, 3.63) is 72.3 Å². The highest BCUT2D eigenvalue weighted by Crippen LogP contribution is 2.34. The van der Waals surface area contributed by atoms with Gasteiger partial charge in [0.1, 0.15) is 0 Å². The van der Waals surface area contributed by atoms with Crippen LogP contribution in [0.4, 0.5) is 11.4 Å². The molecular weight excluding hydrogens is 244 g/mol. The van der Waals surface area contributed by atoms with Gasteiger partial charge in [-0.25, -0.2) is 0 Å². The van der Waals surface area contributed by atoms with Gasteiger partial charge in [-0.3, -0.25) is 0 Å². The molecule has 0 aromatic heterocycles. The molecule has 0 saturated heterocycles. The average molecular weight is 260 g/mol. The van der Waals surface area contributed by atoms with Gasteiger partial charge in [0.2, 0.25) is 0 Å². The summed E-state index contributed by atoms with van der Waals surface area (Å²) in [5, 5.41) is 9.07. The molecule has 0 amide bonds. The molecule has 2 aromatic rings. The fourth-order valence-corrected chi connectivity index (χ4v) is 2.73. The van der Waals surface area contributed by atoms with Crippen molar-refractivity contribution in [1.29, 1.82) is 5.26 Å². The number of nitriles is 1. The van der Waals surface area contributed by atoms with Gasteiger partial charge in [-0.05, 0) is 30.7 Å². The maximum Gasteiger partial charge on any atom is 0.0944 e. The Kier molecular flexibility index (Phi) is 3.52. The fourth-order valence-electron chi connectivity index (χ4n) is 2.73. The van der Waals surface area contributed by atoms with Crippen LogP contribution in [0.2, 0.25) is 0 Å². The fraction of sp³-hybridized carbons (Fsp3) is 0.167. The summed E-state index contributed by atoms with van der Waals surface area (Å²) in [5.41, 5.74) is 3.25. The van der Waals surface area contributed by atoms with E-state index in [2.05, 4.69) is 65.6 Å². The lowest BCUT2D eigenvalue weighted by Gasteiger charge is -2.31. The molecule has 1 unspecified atom stereocenters. The van der Waals surface area contributed by atoms with Gasteiger partial charge in [0.25, 0.3) is 0 Å². The van der Waals surface area contributed by atoms with Crippen LogP contribution in [0.1, 0.15) is 12.8 Å². The van der Waals surface area contributed by atoms with Crippen LogP contribution < -0.4 is 4.90 Å². The third-order valence-electron chi connectivity index (χ3n) is 3.67. The SMILES string of the molecule is N#CC1=CCC(N(c2ccccc2)c2ccccc2)C1. The van der Waals surface area contributed by atoms with E-state index >= 15 is 0 Å². The van der Waals surface area contributed by atoms with E-state index in [9.17, 15) is 0 Å². The molecule has 2 heteroatoms. The van der Waals surface area contributed by atoms with Gasteiger partial charge >= 0.3 is 0 Å². The summed E-state index contributed by atoms with van der Waals surface area (Å²) in [6.45, 7) is 0. The summed E-state index contributed by atoms with van der Waals surface area (Å²) in [4.78, 5) is 2.33. The smallest absolute Gasteiger partial charge is 0.0944 e. The third-order valence-corrected chi connectivity index (χ3v) is 3.67. The molecule has 2 aromatic carbocycles. The molecule has 0 aliphatic heterocycles. The molecule has 0 bridgehead atoms. The molecule has 0 heterocycles. The summed E-state index contributed by atoms with van der Waals surface area (Å²) in [6, 6.07) is 23.4. The lowest BCUT2D eigenvalue weighted by Crippen LogP contribution is -2.28. The van der Waals surface area contributed by atoms with E-state index in [0.717, 1.165) is 18.4 Å². The number of hydrogen-bond acceptors (Lipinski definition) is 2. The lowest BCUT2D eigenvalue weighted by atomic mass is 10.1. The molecule has 98 valence electrons. The van der Waals surface area contributed by atoms with Crippen molar-refractivity contribution in [3.8, 4) is 6.07 Å². The molecule has 20 heavy (non-hydrogen) atoms. The topological polar surface area (TPSA) is 27.0 Å². The minimum absolute atomic E-state index is 0.328. The van der Waals surface area contributed by atoms with E-state index in [1.165, 1.54) is 11.4 Å². The Labute approximate surface area is 119 Å². The molecule has 0 saturated carbocycles. The first-order valence-corrected chi connectivity index (χ1v) is 6.87. The van der Waals surface area contributed by atoms with Crippen LogP contribution in [0.3, 0.4) is 0 Å². The van der Waals surface area contributed by atoms with Gasteiger partial charge in [0.05, 0.1) is 6.07 Å². The molecule has 1 aliphatic carbocycles. The van der Waals surface area contributed by atoms with Crippen LogP contribution in [-0.2, 0) is 0 Å². The van der Waals surface area contributed by atoms with E-state index < -0.39 is 0 Å². The van der Waals surface area contributed by atoms with E-state index in [1.54, 1.807) is 0 Å². The van der Waals surface area contributed by atoms with Crippen molar-refractivity contribution in [2.75, 3.05) is 4.90 Å². The molecule has 0 spiro atoms. The van der Waals surface area contributed by atoms with Crippen LogP contribution in [-0.4, -0.2) is 6.04 Å². The van der Waals surface area contributed by atoms with Gasteiger partial charge in [0, 0.05) is 29.4 Å². The maximum atomic E-state index is 9.07. The predicted molar refractivity (Wildman–Crippen MR) is 81.7 cm³/mol. The molecule has 0 radical (unpaired) electrons. The lowest BCUT2D eigenvalue weighted by molar-refractivity contribution is 0.696. The minimum Gasteiger partial charge on any atom is -0.338 e. The van der Waals surface area contributed by atoms with Crippen molar-refractivity contribution >= 4 is 11.4 Å². The first-order chi connectivity index (χ1) is 9.88. The first kappa shape index (κ1) is 12.5. The van der Waals surface area contributed by atoms with Crippen molar-refractivity contribution in [2.45, 2.75) is 18.9 Å². The van der Waals surface area contributed by atoms with Crippen molar-refractivity contribution in [1.82, 2.24) is 0 Å². The van der Waals surface area contributed by atoms with Gasteiger partial charge in [0.15, 0.2) is 0 Å². The second-order valence-corrected chi connectivity index (χ2v) is 4.98. The summed E-state index contributed by atoms with van der Waals surface area (Å²) in [6.07, 6.45) is 3.80. The highest BCUT2D eigenvalue weighted by atomic mass is 15.2. The molecule has 1 aliphatic rings. The number of nitrogens with zero attached hydrogens (tertiary/aromatic N) is 2. The van der Waals surface area contributed by atoms with Crippen molar-refractivity contribution in [3.63, 3.8) is 0 Å². The number of para-hydroxylation sites is 2. The van der Waals surface area contributed by atoms with Crippen LogP contribution in [0.25, 0.3) is 0 Å². The van der Waals surface area contributed by atoms with Crippen LogP contribution in [0.5, 0.6) is 0 Å². The number of hydrogen-bond donors (Lipinski definition) is 0. The van der Waals surface area contributed by atoms with Crippen LogP contribution in [0, 0.1) is 11.3 Å². The second kappa shape index (κ2) is 5.63. The molecule has 3 rings (SSSR count). The first-order valence-electron chi connectivity index (χ1n) is 6.87. The number of benzene rings is 2. The zero-order valence-electron chi connectivity index (χ0n) is 11.2. The normalized spacial score (nSPS) is 17.4. The molecule has 0 N–H and O–H groups in total. The third kappa shape index (κ3) is 2.44. The highest BCUT2D eigenvalue weighted by molar-refractivity contribution is 5.64. The Morgan fingerprint density at radius 3 is 1.90 bits per heavy atom. The molecule has 1 atom stereocenters. The quantitative estimate of drug-likeness (QED) is 0.816. The maximum absolute atomic E-state index is 9.07. The molecule has 2 nitrogen and oxygen atoms in total. The van der Waals surface area contributed by atoms with Gasteiger partial charge < -0.3 is 4.90 Å². The number of anilines is 2. The highest BCUT2D eigenvalue weighted by Gasteiger charge is 2.25. The van der Waals surface area contributed by atoms with E-state index in [1.807, 2.05) is 12.1 Å². The molecule has 0 fully saturated rings.